The average Bonchev–Trinajstić information content (AvgIpc) is 3.51. The fourth-order valence-electron chi connectivity index (χ4n) is 4.67. The van der Waals surface area contributed by atoms with E-state index in [0.29, 0.717) is 25.1 Å². The second-order valence-electron chi connectivity index (χ2n) is 9.21. The minimum absolute atomic E-state index is 0.348. The fraction of sp³-hybridized carbons (Fsp3) is 0.407. The van der Waals surface area contributed by atoms with Crippen molar-refractivity contribution in [2.45, 2.75) is 45.7 Å². The van der Waals surface area contributed by atoms with Crippen LogP contribution in [0.15, 0.2) is 48.5 Å². The number of anilines is 3. The first-order valence-corrected chi connectivity index (χ1v) is 12.4. The largest absolute Gasteiger partial charge is 0.463 e. The Kier molecular flexibility index (Phi) is 6.81. The van der Waals surface area contributed by atoms with Gasteiger partial charge in [0.1, 0.15) is 5.69 Å². The summed E-state index contributed by atoms with van der Waals surface area (Å²) in [4.78, 5) is 13.7. The molecule has 7 heteroatoms. The Morgan fingerprint density at radius 2 is 1.79 bits per heavy atom. The number of fused-ring (bicyclic) bond motifs is 1. The van der Waals surface area contributed by atoms with Crippen molar-refractivity contribution in [3.8, 4) is 17.1 Å². The number of nitrogens with two attached hydrogens (primary N) is 1. The Labute approximate surface area is 202 Å². The highest BCUT2D eigenvalue weighted by Gasteiger charge is 2.25. The smallest absolute Gasteiger partial charge is 0.320 e. The van der Waals surface area contributed by atoms with Crippen molar-refractivity contribution in [1.29, 1.82) is 0 Å². The van der Waals surface area contributed by atoms with E-state index in [1.807, 2.05) is 0 Å². The van der Waals surface area contributed by atoms with Gasteiger partial charge in [-0.25, -0.2) is 0 Å². The first-order valence-electron chi connectivity index (χ1n) is 12.4. The summed E-state index contributed by atoms with van der Waals surface area (Å²) in [5, 5.41) is 3.33. The molecule has 0 spiro atoms. The third-order valence-corrected chi connectivity index (χ3v) is 6.57. The van der Waals surface area contributed by atoms with Crippen molar-refractivity contribution < 1.29 is 4.74 Å². The third-order valence-electron chi connectivity index (χ3n) is 6.57. The monoisotopic (exact) mass is 458 g/mol. The van der Waals surface area contributed by atoms with Crippen LogP contribution >= 0.6 is 0 Å². The molecule has 0 radical (unpaired) electrons. The predicted octanol–water partition coefficient (Wildman–Crippen LogP) is 4.89. The van der Waals surface area contributed by atoms with Crippen LogP contribution in [0, 0.1) is 0 Å². The van der Waals surface area contributed by atoms with Gasteiger partial charge in [-0.1, -0.05) is 55.8 Å². The van der Waals surface area contributed by atoms with E-state index in [0.717, 1.165) is 37.4 Å². The lowest BCUT2D eigenvalue weighted by Crippen LogP contribution is -2.22. The SMILES string of the molecule is CCCCOc1nc(N)c2c(n1)N(Cc1cccc(-c3ccc(CN4CCCC4)cc3)c1)CN2. The van der Waals surface area contributed by atoms with Crippen LogP contribution in [0.3, 0.4) is 0 Å². The summed E-state index contributed by atoms with van der Waals surface area (Å²) >= 11 is 0. The number of nitrogen functional groups attached to an aromatic ring is 1. The minimum Gasteiger partial charge on any atom is -0.463 e. The standard InChI is InChI=1S/C27H34N6O/c1-2-3-15-34-27-30-25(28)24-26(31-27)33(19-29-24)18-21-7-6-8-23(16-21)22-11-9-20(10-12-22)17-32-13-4-5-14-32/h6-12,16,29H,2-5,13-15,17-19H2,1H3,(H2,28,30,31). The van der Waals surface area contributed by atoms with E-state index in [9.17, 15) is 0 Å². The molecule has 1 aromatic heterocycles. The number of ether oxygens (including phenoxy) is 1. The van der Waals surface area contributed by atoms with Gasteiger partial charge in [0, 0.05) is 13.1 Å². The van der Waals surface area contributed by atoms with Crippen LogP contribution in [0.2, 0.25) is 0 Å². The molecule has 178 valence electrons. The van der Waals surface area contributed by atoms with E-state index >= 15 is 0 Å². The minimum atomic E-state index is 0.348. The van der Waals surface area contributed by atoms with Gasteiger partial charge in [0.25, 0.3) is 0 Å². The number of nitrogens with zero attached hydrogens (tertiary/aromatic N) is 4. The van der Waals surface area contributed by atoms with Gasteiger partial charge in [0.05, 0.1) is 13.3 Å². The first-order chi connectivity index (χ1) is 16.7. The maximum atomic E-state index is 6.17. The molecule has 0 atom stereocenters. The molecule has 3 N–H and O–H groups in total. The second-order valence-corrected chi connectivity index (χ2v) is 9.21. The molecule has 2 aliphatic heterocycles. The van der Waals surface area contributed by atoms with Crippen LogP contribution in [0.25, 0.3) is 11.1 Å². The molecule has 0 unspecified atom stereocenters. The summed E-state index contributed by atoms with van der Waals surface area (Å²) in [5.74, 6) is 1.23. The van der Waals surface area contributed by atoms with Gasteiger partial charge in [-0.2, -0.15) is 9.97 Å². The average molecular weight is 459 g/mol. The van der Waals surface area contributed by atoms with Crippen LogP contribution in [0.5, 0.6) is 6.01 Å². The van der Waals surface area contributed by atoms with Gasteiger partial charge in [-0.05, 0) is 60.7 Å². The number of likely N-dealkylation sites (tertiary alicyclic amines) is 1. The Bertz CT molecular complexity index is 1110. The molecule has 7 nitrogen and oxygen atoms in total. The lowest BCUT2D eigenvalue weighted by atomic mass is 10.0. The fourth-order valence-corrected chi connectivity index (χ4v) is 4.67. The van der Waals surface area contributed by atoms with Crippen molar-refractivity contribution in [2.24, 2.45) is 0 Å². The summed E-state index contributed by atoms with van der Waals surface area (Å²) in [6.07, 6.45) is 4.68. The van der Waals surface area contributed by atoms with Crippen LogP contribution in [0.1, 0.15) is 43.7 Å². The highest BCUT2D eigenvalue weighted by molar-refractivity contribution is 5.80. The Morgan fingerprint density at radius 3 is 2.59 bits per heavy atom. The second kappa shape index (κ2) is 10.3. The van der Waals surface area contributed by atoms with Gasteiger partial charge < -0.3 is 20.7 Å². The summed E-state index contributed by atoms with van der Waals surface area (Å²) < 4.78 is 5.72. The maximum Gasteiger partial charge on any atom is 0.320 e. The molecular weight excluding hydrogens is 424 g/mol. The van der Waals surface area contributed by atoms with Crippen molar-refractivity contribution in [3.63, 3.8) is 0 Å². The highest BCUT2D eigenvalue weighted by atomic mass is 16.5. The Balaban J connectivity index is 1.29. The zero-order valence-corrected chi connectivity index (χ0v) is 20.0. The number of benzene rings is 2. The van der Waals surface area contributed by atoms with E-state index in [1.54, 1.807) is 0 Å². The highest BCUT2D eigenvalue weighted by Crippen LogP contribution is 2.36. The predicted molar refractivity (Wildman–Crippen MR) is 138 cm³/mol. The molecule has 1 saturated heterocycles. The Hall–Kier alpha value is -3.32. The molecular formula is C27H34N6O. The van der Waals surface area contributed by atoms with E-state index in [1.165, 1.54) is 48.2 Å². The topological polar surface area (TPSA) is 79.5 Å². The van der Waals surface area contributed by atoms with Gasteiger partial charge in [0.2, 0.25) is 0 Å². The number of aromatic nitrogens is 2. The third kappa shape index (κ3) is 5.09. The van der Waals surface area contributed by atoms with Crippen molar-refractivity contribution >= 4 is 17.3 Å². The van der Waals surface area contributed by atoms with E-state index in [-0.39, 0.29) is 0 Å². The summed E-state index contributed by atoms with van der Waals surface area (Å²) in [6.45, 7) is 7.60. The van der Waals surface area contributed by atoms with Crippen LogP contribution in [-0.2, 0) is 13.1 Å². The molecule has 5 rings (SSSR count). The lowest BCUT2D eigenvalue weighted by molar-refractivity contribution is 0.286. The van der Waals surface area contributed by atoms with E-state index < -0.39 is 0 Å². The van der Waals surface area contributed by atoms with Crippen molar-refractivity contribution in [2.75, 3.05) is 42.3 Å². The summed E-state index contributed by atoms with van der Waals surface area (Å²) in [7, 11) is 0. The number of hydrogen-bond donors (Lipinski definition) is 2. The van der Waals surface area contributed by atoms with Crippen molar-refractivity contribution in [3.05, 3.63) is 59.7 Å². The van der Waals surface area contributed by atoms with Gasteiger partial charge in [0.15, 0.2) is 11.6 Å². The first kappa shape index (κ1) is 22.5. The molecule has 34 heavy (non-hydrogen) atoms. The van der Waals surface area contributed by atoms with Gasteiger partial charge in [-0.15, -0.1) is 0 Å². The number of nitrogens with one attached hydrogen (secondary N) is 1. The molecule has 3 heterocycles. The number of unbranched alkanes of at least 4 members (excludes halogenated alkanes) is 1. The van der Waals surface area contributed by atoms with Crippen LogP contribution in [-0.4, -0.2) is 41.2 Å². The molecule has 1 fully saturated rings. The van der Waals surface area contributed by atoms with Crippen LogP contribution in [0.4, 0.5) is 17.3 Å². The lowest BCUT2D eigenvalue weighted by Gasteiger charge is -2.18. The quantitative estimate of drug-likeness (QED) is 0.442. The Morgan fingerprint density at radius 1 is 0.971 bits per heavy atom. The maximum absolute atomic E-state index is 6.17. The zero-order valence-electron chi connectivity index (χ0n) is 20.0. The van der Waals surface area contributed by atoms with Crippen molar-refractivity contribution in [1.82, 2.24) is 14.9 Å². The van der Waals surface area contributed by atoms with Gasteiger partial charge >= 0.3 is 6.01 Å². The molecule has 0 bridgehead atoms. The molecule has 0 aliphatic carbocycles. The number of rotatable bonds is 9. The molecule has 0 saturated carbocycles. The molecule has 3 aromatic rings. The molecule has 2 aliphatic rings. The van der Waals surface area contributed by atoms with E-state index in [2.05, 4.69) is 80.5 Å². The van der Waals surface area contributed by atoms with Gasteiger partial charge in [-0.3, -0.25) is 4.90 Å². The van der Waals surface area contributed by atoms with Crippen LogP contribution < -0.4 is 20.7 Å². The molecule has 2 aromatic carbocycles. The summed E-state index contributed by atoms with van der Waals surface area (Å²) in [6, 6.07) is 18.1. The molecule has 0 amide bonds. The zero-order chi connectivity index (χ0) is 23.3. The number of hydrogen-bond acceptors (Lipinski definition) is 7. The summed E-state index contributed by atoms with van der Waals surface area (Å²) in [5.41, 5.74) is 12.0. The van der Waals surface area contributed by atoms with E-state index in [4.69, 9.17) is 10.5 Å². The normalized spacial score (nSPS) is 15.4.